The zero-order chi connectivity index (χ0) is 22.2. The van der Waals surface area contributed by atoms with Gasteiger partial charge in [0.25, 0.3) is 0 Å². The topological polar surface area (TPSA) is 52.1 Å². The van der Waals surface area contributed by atoms with Crippen molar-refractivity contribution < 1.29 is 4.74 Å². The molecule has 6 nitrogen and oxygen atoms in total. The predicted octanol–water partition coefficient (Wildman–Crippen LogP) is 3.78. The lowest BCUT2D eigenvalue weighted by atomic mass is 10.1. The average molecular weight is 564 g/mol. The summed E-state index contributed by atoms with van der Waals surface area (Å²) >= 11 is 0. The molecule has 0 spiro atoms. The van der Waals surface area contributed by atoms with E-state index in [1.807, 2.05) is 0 Å². The normalized spacial score (nSPS) is 19.3. The van der Waals surface area contributed by atoms with E-state index in [-0.39, 0.29) is 24.0 Å². The van der Waals surface area contributed by atoms with Gasteiger partial charge in [0, 0.05) is 51.0 Å². The molecule has 0 aromatic heterocycles. The number of benzene rings is 2. The molecule has 2 fully saturated rings. The summed E-state index contributed by atoms with van der Waals surface area (Å²) in [5, 5.41) is 7.05. The van der Waals surface area contributed by atoms with Gasteiger partial charge in [-0.15, -0.1) is 24.0 Å². The standard InChI is InChI=1S/C26H37N5O.HI/c1-3-27-26(29-24-12-13-31(20-24)25-10-4-21(2)5-11-25)28-18-22-6-8-23(9-7-22)19-30-14-16-32-17-15-30;/h4-11,24H,3,12-20H2,1-2H3,(H2,27,28,29);1H. The van der Waals surface area contributed by atoms with Crippen molar-refractivity contribution >= 4 is 35.6 Å². The van der Waals surface area contributed by atoms with Crippen LogP contribution in [0.25, 0.3) is 0 Å². The number of anilines is 1. The fourth-order valence-electron chi connectivity index (χ4n) is 4.32. The predicted molar refractivity (Wildman–Crippen MR) is 148 cm³/mol. The molecule has 33 heavy (non-hydrogen) atoms. The molecule has 1 unspecified atom stereocenters. The number of hydrogen-bond acceptors (Lipinski definition) is 4. The Kier molecular flexibility index (Phi) is 10.3. The van der Waals surface area contributed by atoms with Crippen molar-refractivity contribution in [3.8, 4) is 0 Å². The van der Waals surface area contributed by atoms with Crippen molar-refractivity contribution in [1.82, 2.24) is 15.5 Å². The minimum atomic E-state index is 0. The van der Waals surface area contributed by atoms with Gasteiger partial charge in [-0.2, -0.15) is 0 Å². The van der Waals surface area contributed by atoms with E-state index >= 15 is 0 Å². The number of nitrogens with zero attached hydrogens (tertiary/aromatic N) is 3. The number of rotatable bonds is 7. The van der Waals surface area contributed by atoms with Gasteiger partial charge in [0.05, 0.1) is 19.8 Å². The Bertz CT molecular complexity index is 865. The molecule has 0 aliphatic carbocycles. The number of halogens is 1. The fourth-order valence-corrected chi connectivity index (χ4v) is 4.32. The molecule has 0 saturated carbocycles. The van der Waals surface area contributed by atoms with Crippen molar-refractivity contribution in [3.63, 3.8) is 0 Å². The van der Waals surface area contributed by atoms with E-state index < -0.39 is 0 Å². The molecule has 0 radical (unpaired) electrons. The fraction of sp³-hybridized carbons (Fsp3) is 0.500. The third-order valence-electron chi connectivity index (χ3n) is 6.23. The van der Waals surface area contributed by atoms with Crippen LogP contribution in [0, 0.1) is 6.92 Å². The summed E-state index contributed by atoms with van der Waals surface area (Å²) in [6.07, 6.45) is 1.12. The van der Waals surface area contributed by atoms with Crippen molar-refractivity contribution in [2.24, 2.45) is 4.99 Å². The van der Waals surface area contributed by atoms with Crippen LogP contribution in [-0.2, 0) is 17.8 Å². The smallest absolute Gasteiger partial charge is 0.191 e. The molecule has 180 valence electrons. The highest BCUT2D eigenvalue weighted by molar-refractivity contribution is 14.0. The number of ether oxygens (including phenoxy) is 1. The monoisotopic (exact) mass is 563 g/mol. The number of morpholine rings is 1. The van der Waals surface area contributed by atoms with E-state index in [0.717, 1.165) is 64.9 Å². The van der Waals surface area contributed by atoms with E-state index in [0.29, 0.717) is 12.6 Å². The summed E-state index contributed by atoms with van der Waals surface area (Å²) < 4.78 is 5.44. The van der Waals surface area contributed by atoms with Gasteiger partial charge < -0.3 is 20.3 Å². The summed E-state index contributed by atoms with van der Waals surface area (Å²) in [5.74, 6) is 0.903. The van der Waals surface area contributed by atoms with Crippen LogP contribution in [0.1, 0.15) is 30.0 Å². The van der Waals surface area contributed by atoms with Crippen LogP contribution in [0.3, 0.4) is 0 Å². The minimum Gasteiger partial charge on any atom is -0.379 e. The minimum absolute atomic E-state index is 0. The lowest BCUT2D eigenvalue weighted by Gasteiger charge is -2.26. The molecule has 2 aliphatic heterocycles. The molecule has 2 aromatic rings. The second kappa shape index (κ2) is 13.2. The Hall–Kier alpha value is -1.84. The lowest BCUT2D eigenvalue weighted by molar-refractivity contribution is 0.0342. The zero-order valence-electron chi connectivity index (χ0n) is 19.9. The Morgan fingerprint density at radius 1 is 1.00 bits per heavy atom. The first-order chi connectivity index (χ1) is 15.7. The third kappa shape index (κ3) is 7.86. The maximum Gasteiger partial charge on any atom is 0.191 e. The Morgan fingerprint density at radius 2 is 1.70 bits per heavy atom. The summed E-state index contributed by atoms with van der Waals surface area (Å²) in [7, 11) is 0. The van der Waals surface area contributed by atoms with Crippen molar-refractivity contribution in [2.75, 3.05) is 50.8 Å². The zero-order valence-corrected chi connectivity index (χ0v) is 22.3. The highest BCUT2D eigenvalue weighted by atomic mass is 127. The quantitative estimate of drug-likeness (QED) is 0.305. The molecule has 0 bridgehead atoms. The van der Waals surface area contributed by atoms with Crippen molar-refractivity contribution in [3.05, 3.63) is 65.2 Å². The van der Waals surface area contributed by atoms with Crippen LogP contribution in [0.15, 0.2) is 53.5 Å². The highest BCUT2D eigenvalue weighted by Gasteiger charge is 2.23. The largest absolute Gasteiger partial charge is 0.379 e. The summed E-state index contributed by atoms with van der Waals surface area (Å²) in [4.78, 5) is 9.75. The Balaban J connectivity index is 0.00000306. The Labute approximate surface area is 215 Å². The molecule has 4 rings (SSSR count). The molecular formula is C26H38IN5O. The summed E-state index contributed by atoms with van der Waals surface area (Å²) in [6, 6.07) is 18.1. The maximum atomic E-state index is 5.44. The summed E-state index contributed by atoms with van der Waals surface area (Å²) in [6.45, 7) is 12.6. The van der Waals surface area contributed by atoms with Crippen LogP contribution in [0.5, 0.6) is 0 Å². The van der Waals surface area contributed by atoms with E-state index in [1.165, 1.54) is 22.4 Å². The van der Waals surface area contributed by atoms with Crippen molar-refractivity contribution in [1.29, 1.82) is 0 Å². The van der Waals surface area contributed by atoms with Crippen LogP contribution in [-0.4, -0.2) is 62.8 Å². The van der Waals surface area contributed by atoms with Gasteiger partial charge in [0.2, 0.25) is 0 Å². The third-order valence-corrected chi connectivity index (χ3v) is 6.23. The number of guanidine groups is 1. The van der Waals surface area contributed by atoms with Crippen LogP contribution >= 0.6 is 24.0 Å². The van der Waals surface area contributed by atoms with Gasteiger partial charge in [-0.1, -0.05) is 42.0 Å². The molecular weight excluding hydrogens is 525 g/mol. The van der Waals surface area contributed by atoms with E-state index in [1.54, 1.807) is 0 Å². The maximum absolute atomic E-state index is 5.44. The molecule has 2 N–H and O–H groups in total. The first-order valence-corrected chi connectivity index (χ1v) is 11.9. The van der Waals surface area contributed by atoms with Gasteiger partial charge in [0.15, 0.2) is 5.96 Å². The average Bonchev–Trinajstić information content (AvgIpc) is 3.28. The highest BCUT2D eigenvalue weighted by Crippen LogP contribution is 2.20. The molecule has 2 heterocycles. The molecule has 2 saturated heterocycles. The van der Waals surface area contributed by atoms with E-state index in [4.69, 9.17) is 9.73 Å². The van der Waals surface area contributed by atoms with Crippen LogP contribution in [0.2, 0.25) is 0 Å². The second-order valence-electron chi connectivity index (χ2n) is 8.81. The number of aliphatic imine (C=N–C) groups is 1. The van der Waals surface area contributed by atoms with Crippen molar-refractivity contribution in [2.45, 2.75) is 39.4 Å². The van der Waals surface area contributed by atoms with E-state index in [2.05, 4.69) is 82.8 Å². The summed E-state index contributed by atoms with van der Waals surface area (Å²) in [5.41, 5.74) is 5.20. The Morgan fingerprint density at radius 3 is 2.39 bits per heavy atom. The molecule has 7 heteroatoms. The molecule has 2 aromatic carbocycles. The van der Waals surface area contributed by atoms with Crippen LogP contribution in [0.4, 0.5) is 5.69 Å². The SMILES string of the molecule is CCNC(=NCc1ccc(CN2CCOCC2)cc1)NC1CCN(c2ccc(C)cc2)C1.I. The first-order valence-electron chi connectivity index (χ1n) is 11.9. The first kappa shape index (κ1) is 25.8. The van der Waals surface area contributed by atoms with Gasteiger partial charge >= 0.3 is 0 Å². The van der Waals surface area contributed by atoms with Crippen LogP contribution < -0.4 is 15.5 Å². The number of aryl methyl sites for hydroxylation is 1. The molecule has 2 aliphatic rings. The second-order valence-corrected chi connectivity index (χ2v) is 8.81. The van der Waals surface area contributed by atoms with Gasteiger partial charge in [-0.25, -0.2) is 4.99 Å². The van der Waals surface area contributed by atoms with Gasteiger partial charge in [-0.05, 0) is 43.5 Å². The van der Waals surface area contributed by atoms with E-state index in [9.17, 15) is 0 Å². The number of hydrogen-bond donors (Lipinski definition) is 2. The van der Waals surface area contributed by atoms with Gasteiger partial charge in [-0.3, -0.25) is 4.90 Å². The van der Waals surface area contributed by atoms with Gasteiger partial charge in [0.1, 0.15) is 0 Å². The lowest BCUT2D eigenvalue weighted by Crippen LogP contribution is -2.44. The molecule has 0 amide bonds. The molecule has 1 atom stereocenters. The number of nitrogens with one attached hydrogen (secondary N) is 2.